The van der Waals surface area contributed by atoms with Crippen LogP contribution in [-0.4, -0.2) is 0 Å². The van der Waals surface area contributed by atoms with E-state index < -0.39 is 0 Å². The molecule has 0 bridgehead atoms. The Morgan fingerprint density at radius 1 is 0.923 bits per heavy atom. The highest BCUT2D eigenvalue weighted by Crippen LogP contribution is 2.27. The van der Waals surface area contributed by atoms with Crippen molar-refractivity contribution in [1.82, 2.24) is 0 Å². The molecule has 1 aliphatic carbocycles. The predicted molar refractivity (Wildman–Crippen MR) is 64.1 cm³/mol. The summed E-state index contributed by atoms with van der Waals surface area (Å²) in [5, 5.41) is 0. The average molecular weight is 184 g/mol. The second kappa shape index (κ2) is 11.7. The molecule has 0 aromatic rings. The predicted octanol–water partition coefficient (Wildman–Crippen LogP) is 5.20. The van der Waals surface area contributed by atoms with Gasteiger partial charge in [0.2, 0.25) is 0 Å². The van der Waals surface area contributed by atoms with E-state index >= 15 is 0 Å². The Morgan fingerprint density at radius 2 is 1.31 bits per heavy atom. The third-order valence-electron chi connectivity index (χ3n) is 2.30. The zero-order valence-electron chi connectivity index (χ0n) is 10.3. The quantitative estimate of drug-likeness (QED) is 0.492. The molecule has 0 spiro atoms. The molecule has 0 aromatic carbocycles. The molecule has 13 heavy (non-hydrogen) atoms. The summed E-state index contributed by atoms with van der Waals surface area (Å²) in [5.74, 6) is 0.860. The van der Waals surface area contributed by atoms with Gasteiger partial charge in [-0.25, -0.2) is 0 Å². The molecule has 0 nitrogen and oxygen atoms in total. The zero-order chi connectivity index (χ0) is 10.7. The van der Waals surface area contributed by atoms with Gasteiger partial charge in [-0.3, -0.25) is 0 Å². The van der Waals surface area contributed by atoms with E-state index in [-0.39, 0.29) is 0 Å². The summed E-state index contributed by atoms with van der Waals surface area (Å²) in [4.78, 5) is 0. The van der Waals surface area contributed by atoms with Crippen LogP contribution >= 0.6 is 0 Å². The molecule has 0 aliphatic heterocycles. The van der Waals surface area contributed by atoms with Gasteiger partial charge in [-0.2, -0.15) is 0 Å². The van der Waals surface area contributed by atoms with Crippen molar-refractivity contribution in [2.75, 3.05) is 0 Å². The fraction of sp³-hybridized carbons (Fsp3) is 0.846. The maximum absolute atomic E-state index is 3.98. The fourth-order valence-electron chi connectivity index (χ4n) is 1.60. The van der Waals surface area contributed by atoms with Gasteiger partial charge < -0.3 is 0 Å². The zero-order valence-corrected chi connectivity index (χ0v) is 10.3. The molecule has 80 valence electrons. The Bertz CT molecular complexity index is 96.6. The molecule has 0 atom stereocenters. The van der Waals surface area contributed by atoms with E-state index in [1.165, 1.54) is 37.7 Å². The van der Waals surface area contributed by atoms with E-state index in [1.807, 2.05) is 27.7 Å². The minimum atomic E-state index is 0.860. The normalized spacial score (nSPS) is 16.1. The highest BCUT2D eigenvalue weighted by molar-refractivity contribution is 4.96. The van der Waals surface area contributed by atoms with E-state index in [0.29, 0.717) is 0 Å². The standard InChI is InChI=1S/C9H16.2C2H6/c1-8(2)9-6-4-3-5-7-9;2*1-2/h9H,1,3-7H2,2H3;2*1-2H3. The van der Waals surface area contributed by atoms with Gasteiger partial charge >= 0.3 is 0 Å². The maximum Gasteiger partial charge on any atom is -0.0209 e. The topological polar surface area (TPSA) is 0 Å². The molecule has 0 amide bonds. The van der Waals surface area contributed by atoms with Crippen LogP contribution in [0.1, 0.15) is 66.7 Å². The fourth-order valence-corrected chi connectivity index (χ4v) is 1.60. The Kier molecular flexibility index (Phi) is 13.7. The second-order valence-electron chi connectivity index (χ2n) is 3.18. The van der Waals surface area contributed by atoms with Gasteiger partial charge in [0.25, 0.3) is 0 Å². The second-order valence-corrected chi connectivity index (χ2v) is 3.18. The van der Waals surface area contributed by atoms with Crippen molar-refractivity contribution in [3.8, 4) is 0 Å². The number of allylic oxidation sites excluding steroid dienone is 1. The van der Waals surface area contributed by atoms with Gasteiger partial charge in [0.05, 0.1) is 0 Å². The first-order chi connectivity index (χ1) is 6.30. The lowest BCUT2D eigenvalue weighted by atomic mass is 9.85. The van der Waals surface area contributed by atoms with Crippen molar-refractivity contribution in [2.45, 2.75) is 66.7 Å². The molecule has 0 unspecified atom stereocenters. The van der Waals surface area contributed by atoms with Crippen LogP contribution in [0.3, 0.4) is 0 Å². The minimum Gasteiger partial charge on any atom is -0.0999 e. The monoisotopic (exact) mass is 184 g/mol. The molecule has 1 rings (SSSR count). The van der Waals surface area contributed by atoms with E-state index in [0.717, 1.165) is 5.92 Å². The smallest absolute Gasteiger partial charge is 0.0209 e. The first-order valence-electron chi connectivity index (χ1n) is 5.96. The van der Waals surface area contributed by atoms with Gasteiger partial charge in [-0.1, -0.05) is 59.1 Å². The molecule has 0 heterocycles. The molecule has 1 saturated carbocycles. The van der Waals surface area contributed by atoms with Crippen molar-refractivity contribution in [3.63, 3.8) is 0 Å². The van der Waals surface area contributed by atoms with Gasteiger partial charge in [-0.05, 0) is 25.7 Å². The summed E-state index contributed by atoms with van der Waals surface area (Å²) < 4.78 is 0. The summed E-state index contributed by atoms with van der Waals surface area (Å²) >= 11 is 0. The molecular weight excluding hydrogens is 156 g/mol. The van der Waals surface area contributed by atoms with Crippen molar-refractivity contribution < 1.29 is 0 Å². The largest absolute Gasteiger partial charge is 0.0999 e. The van der Waals surface area contributed by atoms with E-state index in [4.69, 9.17) is 0 Å². The molecular formula is C13H28. The summed E-state index contributed by atoms with van der Waals surface area (Å²) in [5.41, 5.74) is 1.40. The van der Waals surface area contributed by atoms with E-state index in [9.17, 15) is 0 Å². The molecule has 0 radical (unpaired) electrons. The number of hydrogen-bond acceptors (Lipinski definition) is 0. The van der Waals surface area contributed by atoms with E-state index in [1.54, 1.807) is 0 Å². The van der Waals surface area contributed by atoms with Gasteiger partial charge in [-0.15, -0.1) is 0 Å². The Labute approximate surface area is 85.4 Å². The first-order valence-corrected chi connectivity index (χ1v) is 5.96. The minimum absolute atomic E-state index is 0.860. The Morgan fingerprint density at radius 3 is 1.54 bits per heavy atom. The maximum atomic E-state index is 3.98. The molecule has 0 heteroatoms. The lowest BCUT2D eigenvalue weighted by Crippen LogP contribution is -2.05. The van der Waals surface area contributed by atoms with Crippen molar-refractivity contribution in [2.24, 2.45) is 5.92 Å². The number of rotatable bonds is 1. The highest BCUT2D eigenvalue weighted by atomic mass is 14.2. The van der Waals surface area contributed by atoms with E-state index in [2.05, 4.69) is 13.5 Å². The van der Waals surface area contributed by atoms with Crippen LogP contribution < -0.4 is 0 Å². The van der Waals surface area contributed by atoms with Crippen LogP contribution in [0, 0.1) is 5.92 Å². The third-order valence-corrected chi connectivity index (χ3v) is 2.30. The van der Waals surface area contributed by atoms with Crippen LogP contribution in [0.15, 0.2) is 12.2 Å². The van der Waals surface area contributed by atoms with Crippen LogP contribution in [0.4, 0.5) is 0 Å². The summed E-state index contributed by atoms with van der Waals surface area (Å²) in [6.45, 7) is 14.1. The molecule has 0 aromatic heterocycles. The van der Waals surface area contributed by atoms with Crippen LogP contribution in [-0.2, 0) is 0 Å². The SMILES string of the molecule is C=C(C)C1CCCCC1.CC.CC. The molecule has 1 fully saturated rings. The van der Waals surface area contributed by atoms with Gasteiger partial charge in [0.1, 0.15) is 0 Å². The lowest BCUT2D eigenvalue weighted by molar-refractivity contribution is 0.404. The lowest BCUT2D eigenvalue weighted by Gasteiger charge is -2.21. The first kappa shape index (κ1) is 15.2. The molecule has 0 N–H and O–H groups in total. The molecule has 1 aliphatic rings. The average Bonchev–Trinajstić information content (AvgIpc) is 2.25. The van der Waals surface area contributed by atoms with Crippen LogP contribution in [0.25, 0.3) is 0 Å². The Balaban J connectivity index is 0. The molecule has 0 saturated heterocycles. The van der Waals surface area contributed by atoms with Gasteiger partial charge in [0.15, 0.2) is 0 Å². The number of hydrogen-bond donors (Lipinski definition) is 0. The highest BCUT2D eigenvalue weighted by Gasteiger charge is 2.12. The van der Waals surface area contributed by atoms with Crippen molar-refractivity contribution in [3.05, 3.63) is 12.2 Å². The summed E-state index contributed by atoms with van der Waals surface area (Å²) in [7, 11) is 0. The van der Waals surface area contributed by atoms with Crippen molar-refractivity contribution in [1.29, 1.82) is 0 Å². The van der Waals surface area contributed by atoms with Crippen LogP contribution in [0.2, 0.25) is 0 Å². The third kappa shape index (κ3) is 8.08. The Hall–Kier alpha value is -0.260. The summed E-state index contributed by atoms with van der Waals surface area (Å²) in [6.07, 6.45) is 7.10. The van der Waals surface area contributed by atoms with Crippen LogP contribution in [0.5, 0.6) is 0 Å². The van der Waals surface area contributed by atoms with Crippen molar-refractivity contribution >= 4 is 0 Å². The van der Waals surface area contributed by atoms with Gasteiger partial charge in [0, 0.05) is 0 Å². The summed E-state index contributed by atoms with van der Waals surface area (Å²) in [6, 6.07) is 0.